The summed E-state index contributed by atoms with van der Waals surface area (Å²) in [4.78, 5) is 0. The van der Waals surface area contributed by atoms with Crippen molar-refractivity contribution in [1.29, 1.82) is 5.26 Å². The Balaban J connectivity index is 2.35. The molecule has 0 aliphatic rings. The first kappa shape index (κ1) is 10.7. The predicted octanol–water partition coefficient (Wildman–Crippen LogP) is 2.40. The summed E-state index contributed by atoms with van der Waals surface area (Å²) in [5, 5.41) is 9.75. The third-order valence-electron chi connectivity index (χ3n) is 2.78. The van der Waals surface area contributed by atoms with E-state index in [1.807, 2.05) is 6.07 Å². The van der Waals surface area contributed by atoms with Crippen molar-refractivity contribution in [3.05, 3.63) is 36.0 Å². The zero-order valence-corrected chi connectivity index (χ0v) is 9.19. The average Bonchev–Trinajstić information content (AvgIpc) is 2.73. The highest BCUT2D eigenvalue weighted by atomic mass is 15.0. The summed E-state index contributed by atoms with van der Waals surface area (Å²) in [5.41, 5.74) is 8.11. The fourth-order valence-corrected chi connectivity index (χ4v) is 2.02. The second kappa shape index (κ2) is 4.82. The number of para-hydroxylation sites is 1. The van der Waals surface area contributed by atoms with E-state index in [0.717, 1.165) is 13.0 Å². The van der Waals surface area contributed by atoms with Crippen molar-refractivity contribution in [2.75, 3.05) is 0 Å². The second-order valence-electron chi connectivity index (χ2n) is 3.83. The minimum Gasteiger partial charge on any atom is -0.347 e. The van der Waals surface area contributed by atoms with Crippen LogP contribution in [0.25, 0.3) is 10.9 Å². The number of hydrogen-bond donors (Lipinski definition) is 1. The lowest BCUT2D eigenvalue weighted by atomic mass is 10.1. The lowest BCUT2D eigenvalue weighted by Gasteiger charge is -2.07. The first-order valence-corrected chi connectivity index (χ1v) is 5.50. The van der Waals surface area contributed by atoms with Crippen molar-refractivity contribution < 1.29 is 0 Å². The van der Waals surface area contributed by atoms with Crippen molar-refractivity contribution in [2.45, 2.75) is 25.9 Å². The van der Waals surface area contributed by atoms with Gasteiger partial charge in [0.1, 0.15) is 0 Å². The molecule has 0 aliphatic carbocycles. The highest BCUT2D eigenvalue weighted by Crippen LogP contribution is 2.20. The van der Waals surface area contributed by atoms with Crippen LogP contribution in [0.2, 0.25) is 0 Å². The third-order valence-corrected chi connectivity index (χ3v) is 2.78. The minimum absolute atomic E-state index is 0.555. The molecule has 0 unspecified atom stereocenters. The van der Waals surface area contributed by atoms with Gasteiger partial charge >= 0.3 is 0 Å². The van der Waals surface area contributed by atoms with Gasteiger partial charge in [-0.3, -0.25) is 0 Å². The number of fused-ring (bicyclic) bond motifs is 1. The Morgan fingerprint density at radius 1 is 1.31 bits per heavy atom. The summed E-state index contributed by atoms with van der Waals surface area (Å²) >= 11 is 0. The third kappa shape index (κ3) is 1.93. The maximum absolute atomic E-state index is 8.53. The Morgan fingerprint density at radius 2 is 2.19 bits per heavy atom. The van der Waals surface area contributed by atoms with Crippen LogP contribution in [0.1, 0.15) is 18.4 Å². The van der Waals surface area contributed by atoms with Crippen LogP contribution in [0.15, 0.2) is 30.5 Å². The van der Waals surface area contributed by atoms with E-state index >= 15 is 0 Å². The molecule has 1 heterocycles. The van der Waals surface area contributed by atoms with Crippen LogP contribution in [-0.4, -0.2) is 4.57 Å². The Hall–Kier alpha value is -1.79. The highest BCUT2D eigenvalue weighted by Gasteiger charge is 2.04. The van der Waals surface area contributed by atoms with E-state index < -0.39 is 0 Å². The molecule has 0 fully saturated rings. The van der Waals surface area contributed by atoms with Gasteiger partial charge in [-0.2, -0.15) is 5.26 Å². The molecule has 2 aromatic rings. The first-order valence-electron chi connectivity index (χ1n) is 5.50. The molecule has 0 saturated carbocycles. The fraction of sp³-hybridized carbons (Fsp3) is 0.308. The zero-order valence-electron chi connectivity index (χ0n) is 9.19. The molecule has 2 rings (SSSR count). The molecule has 3 heteroatoms. The van der Waals surface area contributed by atoms with E-state index in [-0.39, 0.29) is 0 Å². The first-order chi connectivity index (χ1) is 7.86. The van der Waals surface area contributed by atoms with E-state index in [0.29, 0.717) is 13.0 Å². The van der Waals surface area contributed by atoms with Gasteiger partial charge in [0, 0.05) is 25.7 Å². The van der Waals surface area contributed by atoms with E-state index in [1.54, 1.807) is 0 Å². The summed E-state index contributed by atoms with van der Waals surface area (Å²) < 4.78 is 2.19. The van der Waals surface area contributed by atoms with Crippen molar-refractivity contribution in [3.8, 4) is 6.07 Å². The number of aromatic nitrogens is 1. The van der Waals surface area contributed by atoms with Crippen LogP contribution in [0.3, 0.4) is 0 Å². The molecule has 3 nitrogen and oxygen atoms in total. The summed E-state index contributed by atoms with van der Waals surface area (Å²) in [6.45, 7) is 1.44. The zero-order chi connectivity index (χ0) is 11.4. The van der Waals surface area contributed by atoms with Gasteiger partial charge in [0.2, 0.25) is 0 Å². The smallest absolute Gasteiger partial charge is 0.0622 e. The van der Waals surface area contributed by atoms with Crippen LogP contribution >= 0.6 is 0 Å². The van der Waals surface area contributed by atoms with Gasteiger partial charge in [-0.05, 0) is 23.4 Å². The summed E-state index contributed by atoms with van der Waals surface area (Å²) in [7, 11) is 0. The number of nitriles is 1. The lowest BCUT2D eigenvalue weighted by Crippen LogP contribution is -2.02. The molecule has 82 valence electrons. The number of nitrogens with zero attached hydrogens (tertiary/aromatic N) is 2. The average molecular weight is 213 g/mol. The Morgan fingerprint density at radius 3 is 2.94 bits per heavy atom. The molecule has 0 amide bonds. The van der Waals surface area contributed by atoms with Crippen LogP contribution in [0, 0.1) is 11.3 Å². The molecule has 2 N–H and O–H groups in total. The Bertz CT molecular complexity index is 519. The van der Waals surface area contributed by atoms with E-state index in [9.17, 15) is 0 Å². The Kier molecular flexibility index (Phi) is 3.23. The number of aryl methyl sites for hydroxylation is 1. The number of hydrogen-bond acceptors (Lipinski definition) is 2. The number of nitrogens with two attached hydrogens (primary N) is 1. The largest absolute Gasteiger partial charge is 0.347 e. The standard InChI is InChI=1S/C13H15N3/c14-7-1-2-8-16-9-6-11-4-3-5-12(10-15)13(11)16/h3-6,9H,1-2,8,10,15H2. The van der Waals surface area contributed by atoms with Gasteiger partial charge in [0.05, 0.1) is 11.6 Å². The maximum atomic E-state index is 8.53. The van der Waals surface area contributed by atoms with Gasteiger partial charge in [-0.25, -0.2) is 0 Å². The van der Waals surface area contributed by atoms with Gasteiger partial charge in [0.25, 0.3) is 0 Å². The van der Waals surface area contributed by atoms with Gasteiger partial charge in [-0.15, -0.1) is 0 Å². The van der Waals surface area contributed by atoms with Gasteiger partial charge < -0.3 is 10.3 Å². The molecule has 16 heavy (non-hydrogen) atoms. The van der Waals surface area contributed by atoms with Crippen molar-refractivity contribution in [1.82, 2.24) is 4.57 Å². The fourth-order valence-electron chi connectivity index (χ4n) is 2.02. The predicted molar refractivity (Wildman–Crippen MR) is 64.7 cm³/mol. The number of rotatable bonds is 4. The van der Waals surface area contributed by atoms with Crippen LogP contribution < -0.4 is 5.73 Å². The number of benzene rings is 1. The van der Waals surface area contributed by atoms with E-state index in [2.05, 4.69) is 35.0 Å². The topological polar surface area (TPSA) is 54.7 Å². The van der Waals surface area contributed by atoms with Gasteiger partial charge in [0.15, 0.2) is 0 Å². The molecule has 1 aromatic carbocycles. The molecule has 0 bridgehead atoms. The second-order valence-corrected chi connectivity index (χ2v) is 3.83. The summed E-state index contributed by atoms with van der Waals surface area (Å²) in [6.07, 6.45) is 3.56. The van der Waals surface area contributed by atoms with E-state index in [4.69, 9.17) is 11.0 Å². The monoisotopic (exact) mass is 213 g/mol. The van der Waals surface area contributed by atoms with E-state index in [1.165, 1.54) is 16.5 Å². The maximum Gasteiger partial charge on any atom is 0.0622 e. The van der Waals surface area contributed by atoms with Crippen LogP contribution in [0.4, 0.5) is 0 Å². The summed E-state index contributed by atoms with van der Waals surface area (Å²) in [5.74, 6) is 0. The lowest BCUT2D eigenvalue weighted by molar-refractivity contribution is 0.672. The van der Waals surface area contributed by atoms with Crippen LogP contribution in [-0.2, 0) is 13.1 Å². The molecular formula is C13H15N3. The number of unbranched alkanes of at least 4 members (excludes halogenated alkanes) is 1. The highest BCUT2D eigenvalue weighted by molar-refractivity contribution is 5.83. The molecule has 0 saturated heterocycles. The minimum atomic E-state index is 0.555. The van der Waals surface area contributed by atoms with Crippen molar-refractivity contribution in [2.24, 2.45) is 5.73 Å². The molecule has 1 aromatic heterocycles. The van der Waals surface area contributed by atoms with Crippen molar-refractivity contribution >= 4 is 10.9 Å². The quantitative estimate of drug-likeness (QED) is 0.793. The van der Waals surface area contributed by atoms with Crippen LogP contribution in [0.5, 0.6) is 0 Å². The molecule has 0 atom stereocenters. The summed E-state index contributed by atoms with van der Waals surface area (Å²) in [6, 6.07) is 10.4. The molecular weight excluding hydrogens is 198 g/mol. The Labute approximate surface area is 95.1 Å². The molecule has 0 radical (unpaired) electrons. The van der Waals surface area contributed by atoms with Gasteiger partial charge in [-0.1, -0.05) is 18.2 Å². The molecule has 0 aliphatic heterocycles. The normalized spacial score (nSPS) is 10.5. The molecule has 0 spiro atoms. The van der Waals surface area contributed by atoms with Crippen molar-refractivity contribution in [3.63, 3.8) is 0 Å². The SMILES string of the molecule is N#CCCCn1ccc2cccc(CN)c21.